The zero-order valence-corrected chi connectivity index (χ0v) is 14.9. The predicted molar refractivity (Wildman–Crippen MR) is 92.5 cm³/mol. The van der Waals surface area contributed by atoms with E-state index in [9.17, 15) is 22.4 Å². The summed E-state index contributed by atoms with van der Waals surface area (Å²) in [5.41, 5.74) is -0.0404. The molecule has 0 unspecified atom stereocenters. The maximum absolute atomic E-state index is 13.9. The molecule has 138 valence electrons. The first-order chi connectivity index (χ1) is 12.1. The van der Waals surface area contributed by atoms with Crippen LogP contribution in [0, 0.1) is 5.82 Å². The van der Waals surface area contributed by atoms with Crippen molar-refractivity contribution in [1.29, 1.82) is 0 Å². The Kier molecular flexibility index (Phi) is 5.73. The lowest BCUT2D eigenvalue weighted by molar-refractivity contribution is -0.126. The van der Waals surface area contributed by atoms with Crippen molar-refractivity contribution < 1.29 is 27.1 Å². The van der Waals surface area contributed by atoms with Crippen LogP contribution in [0.1, 0.15) is 17.3 Å². The van der Waals surface area contributed by atoms with Gasteiger partial charge >= 0.3 is 5.97 Å². The zero-order chi connectivity index (χ0) is 19.5. The second-order valence-electron chi connectivity index (χ2n) is 5.47. The average molecular weight is 380 g/mol. The Labute approximate surface area is 150 Å². The van der Waals surface area contributed by atoms with Crippen molar-refractivity contribution in [3.05, 3.63) is 59.9 Å². The van der Waals surface area contributed by atoms with Gasteiger partial charge in [-0.2, -0.15) is 0 Å². The van der Waals surface area contributed by atoms with Crippen LogP contribution in [0.4, 0.5) is 10.1 Å². The molecule has 26 heavy (non-hydrogen) atoms. The van der Waals surface area contributed by atoms with E-state index in [0.717, 1.165) is 18.2 Å². The minimum absolute atomic E-state index is 0.439. The quantitative estimate of drug-likeness (QED) is 0.794. The van der Waals surface area contributed by atoms with Crippen LogP contribution in [0.25, 0.3) is 0 Å². The maximum atomic E-state index is 13.9. The molecule has 0 radical (unpaired) electrons. The number of amides is 1. The van der Waals surface area contributed by atoms with Gasteiger partial charge in [-0.3, -0.25) is 4.79 Å². The number of nitrogens with two attached hydrogens (primary N) is 1. The van der Waals surface area contributed by atoms with Gasteiger partial charge in [0.1, 0.15) is 5.82 Å². The molecular formula is C17H17FN2O5S. The van der Waals surface area contributed by atoms with E-state index in [1.165, 1.54) is 18.9 Å². The number of hydrogen-bond donors (Lipinski definition) is 1. The van der Waals surface area contributed by atoms with E-state index >= 15 is 0 Å². The standard InChI is InChI=1S/C17H17FN2O5S/c1-11(16(21)20(2)12-6-4-3-5-7-12)25-17(22)14-10-13(26(19,23)24)8-9-15(14)18/h3-11H,1-2H3,(H2,19,23,24)/t11-/m1/s1. The molecule has 7 nitrogen and oxygen atoms in total. The monoisotopic (exact) mass is 380 g/mol. The molecule has 2 aromatic rings. The van der Waals surface area contributed by atoms with Crippen molar-refractivity contribution in [2.24, 2.45) is 5.14 Å². The van der Waals surface area contributed by atoms with E-state index in [1.54, 1.807) is 30.3 Å². The molecule has 2 N–H and O–H groups in total. The SMILES string of the molecule is C[C@@H](OC(=O)c1cc(S(N)(=O)=O)ccc1F)C(=O)N(C)c1ccccc1. The van der Waals surface area contributed by atoms with Crippen LogP contribution in [-0.2, 0) is 19.6 Å². The summed E-state index contributed by atoms with van der Waals surface area (Å²) < 4.78 is 41.5. The summed E-state index contributed by atoms with van der Waals surface area (Å²) in [6.45, 7) is 1.33. The molecule has 0 saturated heterocycles. The van der Waals surface area contributed by atoms with E-state index in [0.29, 0.717) is 5.69 Å². The number of nitrogens with zero attached hydrogens (tertiary/aromatic N) is 1. The number of likely N-dealkylation sites (N-methyl/N-ethyl adjacent to an activating group) is 1. The van der Waals surface area contributed by atoms with Crippen LogP contribution in [0.5, 0.6) is 0 Å². The topological polar surface area (TPSA) is 107 Å². The number of benzene rings is 2. The highest BCUT2D eigenvalue weighted by molar-refractivity contribution is 7.89. The fraction of sp³-hybridized carbons (Fsp3) is 0.176. The van der Waals surface area contributed by atoms with E-state index in [4.69, 9.17) is 9.88 Å². The van der Waals surface area contributed by atoms with Crippen LogP contribution >= 0.6 is 0 Å². The van der Waals surface area contributed by atoms with Gasteiger partial charge in [0.25, 0.3) is 5.91 Å². The van der Waals surface area contributed by atoms with Crippen LogP contribution in [0.3, 0.4) is 0 Å². The summed E-state index contributed by atoms with van der Waals surface area (Å²) in [6.07, 6.45) is -1.22. The minimum Gasteiger partial charge on any atom is -0.449 e. The summed E-state index contributed by atoms with van der Waals surface area (Å²) >= 11 is 0. The Hall–Kier alpha value is -2.78. The van der Waals surface area contributed by atoms with Gasteiger partial charge in [-0.05, 0) is 37.3 Å². The number of primary sulfonamides is 1. The second kappa shape index (κ2) is 7.63. The summed E-state index contributed by atoms with van der Waals surface area (Å²) in [5, 5.41) is 4.97. The highest BCUT2D eigenvalue weighted by Crippen LogP contribution is 2.17. The predicted octanol–water partition coefficient (Wildman–Crippen LogP) is 1.68. The third-order valence-electron chi connectivity index (χ3n) is 3.59. The van der Waals surface area contributed by atoms with Crippen molar-refractivity contribution in [1.82, 2.24) is 0 Å². The van der Waals surface area contributed by atoms with E-state index in [2.05, 4.69) is 0 Å². The number of ether oxygens (including phenoxy) is 1. The van der Waals surface area contributed by atoms with E-state index < -0.39 is 44.3 Å². The van der Waals surface area contributed by atoms with Gasteiger partial charge in [-0.25, -0.2) is 22.7 Å². The van der Waals surface area contributed by atoms with Crippen molar-refractivity contribution in [3.8, 4) is 0 Å². The van der Waals surface area contributed by atoms with Gasteiger partial charge in [-0.1, -0.05) is 18.2 Å². The molecule has 0 aromatic heterocycles. The third-order valence-corrected chi connectivity index (χ3v) is 4.50. The van der Waals surface area contributed by atoms with Crippen molar-refractivity contribution in [3.63, 3.8) is 0 Å². The van der Waals surface area contributed by atoms with Gasteiger partial charge in [0.15, 0.2) is 6.10 Å². The molecule has 1 amide bonds. The lowest BCUT2D eigenvalue weighted by Gasteiger charge is -2.21. The lowest BCUT2D eigenvalue weighted by Crippen LogP contribution is -2.37. The summed E-state index contributed by atoms with van der Waals surface area (Å²) in [7, 11) is -2.62. The lowest BCUT2D eigenvalue weighted by atomic mass is 10.2. The first-order valence-corrected chi connectivity index (χ1v) is 9.02. The number of para-hydroxylation sites is 1. The summed E-state index contributed by atoms with van der Waals surface area (Å²) in [5.74, 6) is -2.69. The first-order valence-electron chi connectivity index (χ1n) is 7.47. The molecule has 0 aliphatic heterocycles. The Bertz CT molecular complexity index is 931. The number of rotatable bonds is 5. The number of sulfonamides is 1. The number of halogens is 1. The fourth-order valence-electron chi connectivity index (χ4n) is 2.16. The first kappa shape index (κ1) is 19.5. The molecule has 2 rings (SSSR count). The van der Waals surface area contributed by atoms with Crippen molar-refractivity contribution in [2.45, 2.75) is 17.9 Å². The van der Waals surface area contributed by atoms with Crippen molar-refractivity contribution in [2.75, 3.05) is 11.9 Å². The number of anilines is 1. The average Bonchev–Trinajstić information content (AvgIpc) is 2.60. The summed E-state index contributed by atoms with van der Waals surface area (Å²) in [6, 6.07) is 11.1. The maximum Gasteiger partial charge on any atom is 0.341 e. The Morgan fingerprint density at radius 3 is 2.35 bits per heavy atom. The van der Waals surface area contributed by atoms with Gasteiger partial charge in [0.2, 0.25) is 10.0 Å². The molecule has 0 aliphatic rings. The van der Waals surface area contributed by atoms with Gasteiger partial charge in [-0.15, -0.1) is 0 Å². The molecular weight excluding hydrogens is 363 g/mol. The zero-order valence-electron chi connectivity index (χ0n) is 14.0. The van der Waals surface area contributed by atoms with Crippen molar-refractivity contribution >= 4 is 27.6 Å². The third kappa shape index (κ3) is 4.44. The number of esters is 1. The molecule has 0 saturated carbocycles. The van der Waals surface area contributed by atoms with Gasteiger partial charge < -0.3 is 9.64 Å². The minimum atomic E-state index is -4.12. The Balaban J connectivity index is 2.18. The van der Waals surface area contributed by atoms with Crippen LogP contribution in [-0.4, -0.2) is 33.4 Å². The Morgan fingerprint density at radius 2 is 1.77 bits per heavy atom. The van der Waals surface area contributed by atoms with Gasteiger partial charge in [0.05, 0.1) is 10.5 Å². The number of carbonyl (C=O) groups is 2. The smallest absolute Gasteiger partial charge is 0.341 e. The van der Waals surface area contributed by atoms with Gasteiger partial charge in [0, 0.05) is 12.7 Å². The normalized spacial score (nSPS) is 12.3. The molecule has 0 spiro atoms. The highest BCUT2D eigenvalue weighted by Gasteiger charge is 2.25. The van der Waals surface area contributed by atoms with E-state index in [1.807, 2.05) is 0 Å². The molecule has 0 bridgehead atoms. The van der Waals surface area contributed by atoms with Crippen LogP contribution in [0.15, 0.2) is 53.4 Å². The van der Waals surface area contributed by atoms with Crippen LogP contribution < -0.4 is 10.0 Å². The fourth-order valence-corrected chi connectivity index (χ4v) is 2.70. The van der Waals surface area contributed by atoms with Crippen LogP contribution in [0.2, 0.25) is 0 Å². The summed E-state index contributed by atoms with van der Waals surface area (Å²) in [4.78, 5) is 25.4. The number of carbonyl (C=O) groups excluding carboxylic acids is 2. The van der Waals surface area contributed by atoms with E-state index in [-0.39, 0.29) is 0 Å². The second-order valence-corrected chi connectivity index (χ2v) is 7.03. The number of hydrogen-bond acceptors (Lipinski definition) is 5. The molecule has 0 heterocycles. The molecule has 0 fully saturated rings. The molecule has 1 atom stereocenters. The highest BCUT2D eigenvalue weighted by atomic mass is 32.2. The molecule has 2 aromatic carbocycles. The largest absolute Gasteiger partial charge is 0.449 e. The Morgan fingerprint density at radius 1 is 1.15 bits per heavy atom. The molecule has 0 aliphatic carbocycles. The molecule has 9 heteroatoms.